The molecule has 33 heavy (non-hydrogen) atoms. The summed E-state index contributed by atoms with van der Waals surface area (Å²) in [5.41, 5.74) is 7.01. The predicted molar refractivity (Wildman–Crippen MR) is 122 cm³/mol. The molecular formula is C25H29FMnN2O4. The maximum atomic E-state index is 10.9. The Labute approximate surface area is 198 Å². The van der Waals surface area contributed by atoms with Crippen molar-refractivity contribution in [1.82, 2.24) is 9.13 Å². The third-order valence-corrected chi connectivity index (χ3v) is 6.05. The Morgan fingerprint density at radius 3 is 1.94 bits per heavy atom. The van der Waals surface area contributed by atoms with Crippen molar-refractivity contribution in [2.75, 3.05) is 0 Å². The Balaban J connectivity index is 0.000000198. The van der Waals surface area contributed by atoms with E-state index in [0.717, 1.165) is 42.4 Å². The second-order valence-electron chi connectivity index (χ2n) is 7.76. The summed E-state index contributed by atoms with van der Waals surface area (Å²) >= 11 is -1.44. The van der Waals surface area contributed by atoms with Crippen molar-refractivity contribution in [2.24, 2.45) is 0 Å². The maximum absolute atomic E-state index is 10.9. The average Bonchev–Trinajstić information content (AvgIpc) is 3.54. The molecule has 2 aromatic carbocycles. The number of carbonyl (C=O) groups is 1. The van der Waals surface area contributed by atoms with Gasteiger partial charge in [-0.1, -0.05) is 37.8 Å². The van der Waals surface area contributed by atoms with Gasteiger partial charge in [-0.05, 0) is 43.9 Å². The van der Waals surface area contributed by atoms with Gasteiger partial charge >= 0.3 is 22.5 Å². The molecule has 0 spiro atoms. The molecule has 0 radical (unpaired) electrons. The van der Waals surface area contributed by atoms with E-state index in [9.17, 15) is 9.90 Å². The molecule has 0 bridgehead atoms. The number of nitrogens with zero attached hydrogens (tertiary/aromatic N) is 2. The summed E-state index contributed by atoms with van der Waals surface area (Å²) < 4.78 is 21.4. The van der Waals surface area contributed by atoms with Gasteiger partial charge < -0.3 is 14.2 Å². The van der Waals surface area contributed by atoms with E-state index in [1.807, 2.05) is 24.3 Å². The zero-order chi connectivity index (χ0) is 21.8. The van der Waals surface area contributed by atoms with Crippen molar-refractivity contribution in [3.63, 3.8) is 0 Å². The van der Waals surface area contributed by atoms with Gasteiger partial charge in [0, 0.05) is 46.4 Å². The number of benzene rings is 2. The molecule has 0 unspecified atom stereocenters. The Kier molecular flexibility index (Phi) is 9.53. The Morgan fingerprint density at radius 1 is 0.879 bits per heavy atom. The molecule has 0 saturated carbocycles. The van der Waals surface area contributed by atoms with E-state index < -0.39 is 14.8 Å². The van der Waals surface area contributed by atoms with Crippen LogP contribution in [0.3, 0.4) is 0 Å². The van der Waals surface area contributed by atoms with E-state index in [4.69, 9.17) is 7.67 Å². The van der Waals surface area contributed by atoms with Gasteiger partial charge in [-0.25, -0.2) is 0 Å². The van der Waals surface area contributed by atoms with Crippen molar-refractivity contribution in [1.29, 1.82) is 0 Å². The Bertz CT molecular complexity index is 1290. The summed E-state index contributed by atoms with van der Waals surface area (Å²) in [5.74, 6) is 0. The van der Waals surface area contributed by atoms with Gasteiger partial charge in [0.25, 0.3) is 0 Å². The fourth-order valence-corrected chi connectivity index (χ4v) is 4.85. The first-order valence-electron chi connectivity index (χ1n) is 10.4. The van der Waals surface area contributed by atoms with Gasteiger partial charge in [0.05, 0.1) is 17.6 Å². The number of halogens is 1. The molecule has 0 aliphatic carbocycles. The number of carbonyl (C=O) groups excluding carboxylic acids is 1. The third-order valence-electron chi connectivity index (χ3n) is 6.05. The standard InChI is InChI=1S/C12H13NO.C12H11NO.CH4.FH.Mn.2O/c2*14-8-10-4-1-3-9-7-11-5-2-6-13(11)12(9)10;;;;;/h1,3-4,7,14H,2,5-6,8H2;1,3-4,7-8H,2,5-6H2;1H4;1H;;;. The van der Waals surface area contributed by atoms with E-state index in [1.54, 1.807) is 0 Å². The molecular weight excluding hydrogens is 466 g/mol. The quantitative estimate of drug-likeness (QED) is 0.313. The molecule has 0 fully saturated rings. The first-order valence-corrected chi connectivity index (χ1v) is 11.3. The van der Waals surface area contributed by atoms with Gasteiger partial charge in [0.15, 0.2) is 6.29 Å². The molecule has 4 heterocycles. The van der Waals surface area contributed by atoms with Crippen LogP contribution in [0.4, 0.5) is 4.70 Å². The minimum atomic E-state index is -1.44. The molecule has 177 valence electrons. The van der Waals surface area contributed by atoms with Crippen LogP contribution < -0.4 is 0 Å². The van der Waals surface area contributed by atoms with E-state index in [-0.39, 0.29) is 18.7 Å². The van der Waals surface area contributed by atoms with Crippen molar-refractivity contribution in [3.05, 3.63) is 71.0 Å². The van der Waals surface area contributed by atoms with E-state index in [1.165, 1.54) is 46.9 Å². The molecule has 0 saturated heterocycles. The van der Waals surface area contributed by atoms with Crippen LogP contribution in [0.1, 0.15) is 47.6 Å². The fraction of sp³-hybridized carbons (Fsp3) is 0.320. The van der Waals surface area contributed by atoms with Crippen LogP contribution in [0.5, 0.6) is 0 Å². The molecule has 8 heteroatoms. The van der Waals surface area contributed by atoms with Crippen LogP contribution >= 0.6 is 0 Å². The van der Waals surface area contributed by atoms with Crippen molar-refractivity contribution in [3.8, 4) is 0 Å². The molecule has 1 N–H and O–H groups in total. The second kappa shape index (κ2) is 11.9. The molecule has 2 aliphatic rings. The number of rotatable bonds is 2. The number of aldehydes is 1. The van der Waals surface area contributed by atoms with Crippen LogP contribution in [0.2, 0.25) is 0 Å². The number of aliphatic hydroxyl groups excluding tert-OH is 1. The average molecular weight is 495 g/mol. The van der Waals surface area contributed by atoms with E-state index >= 15 is 0 Å². The van der Waals surface area contributed by atoms with Gasteiger partial charge in [-0.2, -0.15) is 0 Å². The van der Waals surface area contributed by atoms with Crippen molar-refractivity contribution in [2.45, 2.75) is 52.8 Å². The van der Waals surface area contributed by atoms with Gasteiger partial charge in [-0.3, -0.25) is 9.50 Å². The number of hydrogen-bond acceptors (Lipinski definition) is 4. The Hall–Kier alpha value is -2.80. The molecule has 0 amide bonds. The van der Waals surface area contributed by atoms with E-state index in [0.29, 0.717) is 0 Å². The van der Waals surface area contributed by atoms with Crippen LogP contribution in [-0.2, 0) is 55.0 Å². The molecule has 2 aliphatic heterocycles. The third kappa shape index (κ3) is 5.08. The van der Waals surface area contributed by atoms with Crippen molar-refractivity contribution < 1.29 is 37.1 Å². The fourth-order valence-electron chi connectivity index (χ4n) is 4.85. The first kappa shape index (κ1) is 26.5. The molecule has 6 nitrogen and oxygen atoms in total. The summed E-state index contributed by atoms with van der Waals surface area (Å²) in [6, 6.07) is 16.5. The van der Waals surface area contributed by atoms with Gasteiger partial charge in [0.2, 0.25) is 0 Å². The number of aliphatic hydroxyl groups is 1. The molecule has 6 rings (SSSR count). The van der Waals surface area contributed by atoms with Crippen LogP contribution in [-0.4, -0.2) is 20.5 Å². The number of aryl methyl sites for hydroxylation is 4. The monoisotopic (exact) mass is 495 g/mol. The molecule has 4 aromatic rings. The van der Waals surface area contributed by atoms with Crippen LogP contribution in [0.15, 0.2) is 48.5 Å². The number of hydrogen-bond donors (Lipinski definition) is 1. The number of aromatic nitrogens is 2. The molecule has 0 atom stereocenters. The Morgan fingerprint density at radius 2 is 1.39 bits per heavy atom. The van der Waals surface area contributed by atoms with Crippen LogP contribution in [0.25, 0.3) is 21.8 Å². The van der Waals surface area contributed by atoms with Crippen molar-refractivity contribution >= 4 is 28.1 Å². The van der Waals surface area contributed by atoms with Gasteiger partial charge in [-0.15, -0.1) is 0 Å². The normalized spacial score (nSPS) is 12.9. The topological polar surface area (TPSA) is 81.3 Å². The second-order valence-corrected chi connectivity index (χ2v) is 7.96. The zero-order valence-electron chi connectivity index (χ0n) is 17.5. The summed E-state index contributed by atoms with van der Waals surface area (Å²) in [6.07, 6.45) is 5.73. The van der Waals surface area contributed by atoms with E-state index in [2.05, 4.69) is 33.4 Å². The summed E-state index contributed by atoms with van der Waals surface area (Å²) in [7, 11) is 0. The molecule has 2 aromatic heterocycles. The first-order chi connectivity index (χ1) is 15.2. The zero-order valence-corrected chi connectivity index (χ0v) is 18.7. The number of fused-ring (bicyclic) bond motifs is 6. The summed E-state index contributed by atoms with van der Waals surface area (Å²) in [5, 5.41) is 11.7. The minimum absolute atomic E-state index is 0. The predicted octanol–water partition coefficient (Wildman–Crippen LogP) is 5.03. The summed E-state index contributed by atoms with van der Waals surface area (Å²) in [4.78, 5) is 10.9. The summed E-state index contributed by atoms with van der Waals surface area (Å²) in [6.45, 7) is 2.31. The number of para-hydroxylation sites is 2. The SMILES string of the molecule is C.F.O=Cc1cccc2cc3n(c12)CCC3.OCc1cccc2cc3n(c12)CCC3.[O]=[Mn]=[O]. The van der Waals surface area contributed by atoms with Gasteiger partial charge in [0.1, 0.15) is 0 Å². The van der Waals surface area contributed by atoms with Crippen LogP contribution in [0, 0.1) is 0 Å².